The zero-order chi connectivity index (χ0) is 48.9. The topological polar surface area (TPSA) is 0 Å². The smallest absolute Gasteiger partial charge is 0.0159 e. The van der Waals surface area contributed by atoms with Crippen molar-refractivity contribution in [1.82, 2.24) is 0 Å². The highest BCUT2D eigenvalue weighted by atomic mass is 14.4. The summed E-state index contributed by atoms with van der Waals surface area (Å²) in [7, 11) is 0. The van der Waals surface area contributed by atoms with Gasteiger partial charge >= 0.3 is 0 Å². The van der Waals surface area contributed by atoms with Crippen LogP contribution in [-0.4, -0.2) is 0 Å². The molecule has 0 atom stereocenters. The molecule has 73 heavy (non-hydrogen) atoms. The van der Waals surface area contributed by atoms with Gasteiger partial charge in [-0.2, -0.15) is 0 Å². The van der Waals surface area contributed by atoms with Crippen molar-refractivity contribution < 1.29 is 0 Å². The molecule has 0 amide bonds. The van der Waals surface area contributed by atoms with Crippen molar-refractivity contribution in [1.29, 1.82) is 0 Å². The summed E-state index contributed by atoms with van der Waals surface area (Å²) in [5.74, 6) is 0. The van der Waals surface area contributed by atoms with Gasteiger partial charge in [0.2, 0.25) is 0 Å². The fourth-order valence-corrected chi connectivity index (χ4v) is 13.5. The average molecular weight is 929 g/mol. The summed E-state index contributed by atoms with van der Waals surface area (Å²) in [6.07, 6.45) is 0. The minimum atomic E-state index is -0.154. The first-order valence-corrected chi connectivity index (χ1v) is 26.0. The Labute approximate surface area is 427 Å². The zero-order valence-corrected chi connectivity index (χ0v) is 41.9. The van der Waals surface area contributed by atoms with Gasteiger partial charge in [0.15, 0.2) is 0 Å². The summed E-state index contributed by atoms with van der Waals surface area (Å²) >= 11 is 0. The molecule has 0 bridgehead atoms. The highest BCUT2D eigenvalue weighted by molar-refractivity contribution is 6.25. The van der Waals surface area contributed by atoms with Crippen LogP contribution in [0.1, 0.15) is 55.5 Å². The van der Waals surface area contributed by atoms with Crippen LogP contribution in [0.25, 0.3) is 132 Å². The number of rotatable bonds is 5. The molecule has 0 spiro atoms. The van der Waals surface area contributed by atoms with Gasteiger partial charge in [0.1, 0.15) is 0 Å². The van der Waals surface area contributed by atoms with Crippen molar-refractivity contribution in [3.8, 4) is 77.9 Å². The van der Waals surface area contributed by atoms with Crippen molar-refractivity contribution in [3.63, 3.8) is 0 Å². The molecule has 0 heteroatoms. The van der Waals surface area contributed by atoms with Crippen molar-refractivity contribution in [2.45, 2.75) is 45.4 Å². The van der Waals surface area contributed by atoms with E-state index in [1.165, 1.54) is 160 Å². The van der Waals surface area contributed by atoms with E-state index in [0.29, 0.717) is 0 Å². The first-order valence-electron chi connectivity index (χ1n) is 26.0. The molecule has 15 rings (SSSR count). The van der Waals surface area contributed by atoms with E-state index in [1.807, 2.05) is 0 Å². The molecule has 0 heterocycles. The van der Waals surface area contributed by atoms with Gasteiger partial charge < -0.3 is 0 Å². The minimum absolute atomic E-state index is 0.152. The van der Waals surface area contributed by atoms with E-state index in [4.69, 9.17) is 0 Å². The van der Waals surface area contributed by atoms with Crippen LogP contribution in [0.3, 0.4) is 0 Å². The predicted molar refractivity (Wildman–Crippen MR) is 312 cm³/mol. The highest BCUT2D eigenvalue weighted by Crippen LogP contribution is 2.54. The third kappa shape index (κ3) is 6.08. The molecule has 0 unspecified atom stereocenters. The normalized spacial score (nSPS) is 14.0. The van der Waals surface area contributed by atoms with E-state index in [9.17, 15) is 0 Å². The van der Waals surface area contributed by atoms with E-state index < -0.39 is 0 Å². The lowest BCUT2D eigenvalue weighted by Gasteiger charge is -2.24. The third-order valence-electron chi connectivity index (χ3n) is 17.5. The first-order chi connectivity index (χ1) is 35.6. The fourth-order valence-electron chi connectivity index (χ4n) is 13.5. The summed E-state index contributed by atoms with van der Waals surface area (Å²) in [6.45, 7) is 11.9. The van der Waals surface area contributed by atoms with Crippen LogP contribution < -0.4 is 0 Å². The Morgan fingerprint density at radius 2 is 0.589 bits per heavy atom. The van der Waals surface area contributed by atoms with Crippen LogP contribution in [0.15, 0.2) is 224 Å². The number of fused-ring (bicyclic) bond motifs is 8. The molecule has 0 N–H and O–H groups in total. The molecule has 0 saturated carbocycles. The average Bonchev–Trinajstić information content (AvgIpc) is 3.80. The second kappa shape index (κ2) is 15.2. The Morgan fingerprint density at radius 1 is 0.247 bits per heavy atom. The van der Waals surface area contributed by atoms with E-state index in [1.54, 1.807) is 0 Å². The van der Waals surface area contributed by atoms with Crippen LogP contribution in [0.5, 0.6) is 0 Å². The Morgan fingerprint density at radius 3 is 1.05 bits per heavy atom. The number of hydrogen-bond acceptors (Lipinski definition) is 0. The maximum absolute atomic E-state index is 2.47. The van der Waals surface area contributed by atoms with Crippen molar-refractivity contribution in [2.24, 2.45) is 0 Å². The fraction of sp³-hybridized carbons (Fsp3) is 0.0959. The van der Waals surface area contributed by atoms with Gasteiger partial charge in [-0.1, -0.05) is 228 Å². The van der Waals surface area contributed by atoms with Crippen molar-refractivity contribution in [2.75, 3.05) is 0 Å². The van der Waals surface area contributed by atoms with Crippen LogP contribution in [-0.2, 0) is 10.8 Å². The molecule has 2 aliphatic carbocycles. The lowest BCUT2D eigenvalue weighted by Crippen LogP contribution is -2.15. The quantitative estimate of drug-likeness (QED) is 0.119. The molecule has 0 saturated heterocycles. The summed E-state index contributed by atoms with van der Waals surface area (Å²) in [5.41, 5.74) is 24.6. The molecule has 344 valence electrons. The maximum atomic E-state index is 2.47. The number of benzene rings is 13. The third-order valence-corrected chi connectivity index (χ3v) is 17.5. The standard InChI is InChI=1S/C73H52/c1-43-55-13-6-8-15-62(55)70(63-16-9-7-14-56(43)63)49-23-19-45(20-24-49)52-30-35-59-61-37-32-54(42-68(61)73(4,5)66(59)40-52)53-31-36-60-58-34-29-51(39-65(58)72(2,3)67(60)41-53)44-17-21-46(22-18-44)57-33-27-50-26-25-47-11-10-12-48-28-38-64(57)71(50)69(47)48/h6-42H,1-5H3. The molecule has 0 radical (unpaired) electrons. The van der Waals surface area contributed by atoms with Gasteiger partial charge in [0.05, 0.1) is 0 Å². The van der Waals surface area contributed by atoms with E-state index >= 15 is 0 Å². The zero-order valence-electron chi connectivity index (χ0n) is 41.9. The van der Waals surface area contributed by atoms with Crippen LogP contribution in [0, 0.1) is 6.92 Å². The van der Waals surface area contributed by atoms with Gasteiger partial charge in [-0.3, -0.25) is 0 Å². The predicted octanol–water partition coefficient (Wildman–Crippen LogP) is 20.1. The molecule has 13 aromatic carbocycles. The molecule has 13 aromatic rings. The number of aryl methyl sites for hydroxylation is 1. The van der Waals surface area contributed by atoms with Crippen LogP contribution in [0.4, 0.5) is 0 Å². The van der Waals surface area contributed by atoms with Crippen molar-refractivity contribution >= 4 is 53.9 Å². The first kappa shape index (κ1) is 42.1. The summed E-state index contributed by atoms with van der Waals surface area (Å²) < 4.78 is 0. The molecule has 2 aliphatic rings. The van der Waals surface area contributed by atoms with Gasteiger partial charge in [0, 0.05) is 10.8 Å². The van der Waals surface area contributed by atoms with Gasteiger partial charge in [-0.15, -0.1) is 0 Å². The molecule has 0 aliphatic heterocycles. The van der Waals surface area contributed by atoms with E-state index in [0.717, 1.165) is 0 Å². The Hall–Kier alpha value is -8.58. The Bertz CT molecular complexity index is 4390. The van der Waals surface area contributed by atoms with E-state index in [-0.39, 0.29) is 10.8 Å². The highest BCUT2D eigenvalue weighted by Gasteiger charge is 2.38. The summed E-state index contributed by atoms with van der Waals surface area (Å²) in [4.78, 5) is 0. The van der Waals surface area contributed by atoms with Crippen molar-refractivity contribution in [3.05, 3.63) is 252 Å². The molecule has 0 fully saturated rings. The second-order valence-corrected chi connectivity index (χ2v) is 22.0. The number of hydrogen-bond donors (Lipinski definition) is 0. The Kier molecular flexibility index (Phi) is 8.78. The maximum Gasteiger partial charge on any atom is 0.0159 e. The largest absolute Gasteiger partial charge is 0.0616 e. The minimum Gasteiger partial charge on any atom is -0.0616 e. The lowest BCUT2D eigenvalue weighted by molar-refractivity contribution is 0.660. The van der Waals surface area contributed by atoms with Crippen LogP contribution in [0.2, 0.25) is 0 Å². The second-order valence-electron chi connectivity index (χ2n) is 22.0. The Balaban J connectivity index is 0.712. The molecular weight excluding hydrogens is 877 g/mol. The van der Waals surface area contributed by atoms with Crippen LogP contribution >= 0.6 is 0 Å². The lowest BCUT2D eigenvalue weighted by atomic mass is 9.79. The monoisotopic (exact) mass is 928 g/mol. The molecule has 0 aromatic heterocycles. The van der Waals surface area contributed by atoms with E-state index in [2.05, 4.69) is 259 Å². The van der Waals surface area contributed by atoms with Gasteiger partial charge in [-0.05, 0) is 191 Å². The summed E-state index contributed by atoms with van der Waals surface area (Å²) in [6, 6.07) is 85.2. The molecule has 0 nitrogen and oxygen atoms in total. The van der Waals surface area contributed by atoms with Gasteiger partial charge in [-0.25, -0.2) is 0 Å². The summed E-state index contributed by atoms with van der Waals surface area (Å²) in [5, 5.41) is 13.2. The SMILES string of the molecule is Cc1c2ccccc2c(-c2ccc(-c3ccc4c(c3)C(C)(C)c3cc(-c5ccc6c(c5)C(C)(C)c5cc(-c7ccc(-c8ccc9ccc%10cccc%11ccc8c9c%10%11)cc7)ccc5-6)ccc3-4)cc2)c2ccccc12. The molecular formula is C73H52. The van der Waals surface area contributed by atoms with Gasteiger partial charge in [0.25, 0.3) is 0 Å².